The van der Waals surface area contributed by atoms with Crippen molar-refractivity contribution in [2.24, 2.45) is 17.6 Å². The smallest absolute Gasteiger partial charge is 0.248 e. The summed E-state index contributed by atoms with van der Waals surface area (Å²) in [6.07, 6.45) is -3.63. The molecule has 0 saturated carbocycles. The van der Waals surface area contributed by atoms with Crippen LogP contribution in [-0.2, 0) is 89.6 Å². The maximum absolute atomic E-state index is 14.5. The van der Waals surface area contributed by atoms with E-state index in [0.717, 1.165) is 20.9 Å². The number of hydrogen-bond acceptors (Lipinski definition) is 19. The summed E-state index contributed by atoms with van der Waals surface area (Å²) in [4.78, 5) is 222. The molecule has 35 nitrogen and oxygen atoms in total. The van der Waals surface area contributed by atoms with Crippen LogP contribution in [0, 0.1) is 11.8 Å². The van der Waals surface area contributed by atoms with E-state index in [4.69, 9.17) is 5.73 Å². The number of primary amides is 1. The summed E-state index contributed by atoms with van der Waals surface area (Å²) >= 11 is 0. The Morgan fingerprint density at radius 1 is 0.459 bits per heavy atom. The van der Waals surface area contributed by atoms with Gasteiger partial charge in [-0.05, 0) is 139 Å². The van der Waals surface area contributed by atoms with Crippen LogP contribution in [0.5, 0.6) is 0 Å². The van der Waals surface area contributed by atoms with Gasteiger partial charge in [0.25, 0.3) is 0 Å². The van der Waals surface area contributed by atoms with E-state index in [9.17, 15) is 92.0 Å². The molecule has 2 aliphatic rings. The van der Waals surface area contributed by atoms with Crippen LogP contribution in [-0.4, -0.2) is 239 Å². The lowest BCUT2D eigenvalue weighted by atomic mass is 9.95. The Morgan fingerprint density at radius 2 is 0.856 bits per heavy atom. The Bertz CT molecular complexity index is 3750. The van der Waals surface area contributed by atoms with E-state index in [0.29, 0.717) is 0 Å². The van der Waals surface area contributed by atoms with Gasteiger partial charge in [-0.3, -0.25) is 76.7 Å². The second-order valence-electron chi connectivity index (χ2n) is 33.1. The summed E-state index contributed by atoms with van der Waals surface area (Å²) in [5, 5.41) is 65.5. The molecule has 35 heteroatoms. The van der Waals surface area contributed by atoms with Gasteiger partial charge in [-0.15, -0.1) is 0 Å². The van der Waals surface area contributed by atoms with Crippen molar-refractivity contribution in [3.63, 3.8) is 0 Å². The van der Waals surface area contributed by atoms with Crippen LogP contribution in [0.1, 0.15) is 175 Å². The molecule has 2 aromatic rings. The van der Waals surface area contributed by atoms with Gasteiger partial charge in [0.05, 0.1) is 31.4 Å². The second-order valence-corrected chi connectivity index (χ2v) is 33.1. The topological polar surface area (TPSA) is 523 Å². The Hall–Kier alpha value is -10.2. The molecule has 0 aliphatic carbocycles. The number of aliphatic hydroxyl groups is 3. The van der Waals surface area contributed by atoms with Gasteiger partial charge in [-0.25, -0.2) is 0 Å². The molecule has 9 atom stereocenters. The number of aliphatic hydroxyl groups excluding tert-OH is 3. The van der Waals surface area contributed by atoms with Crippen molar-refractivity contribution in [1.82, 2.24) is 78.9 Å². The summed E-state index contributed by atoms with van der Waals surface area (Å²) in [5.74, 6) is -14.0. The highest BCUT2D eigenvalue weighted by Crippen LogP contribution is 2.27. The summed E-state index contributed by atoms with van der Waals surface area (Å²) in [7, 11) is 0. The molecule has 16 amide bonds. The van der Waals surface area contributed by atoms with E-state index in [1.807, 2.05) is 18.2 Å². The minimum atomic E-state index is -1.90. The molecule has 0 aromatic heterocycles. The van der Waals surface area contributed by atoms with Gasteiger partial charge in [0.15, 0.2) is 0 Å². The Kier molecular flexibility index (Phi) is 32.5. The van der Waals surface area contributed by atoms with Gasteiger partial charge < -0.3 is 100.0 Å². The van der Waals surface area contributed by atoms with Gasteiger partial charge in [0, 0.05) is 45.7 Å². The molecule has 111 heavy (non-hydrogen) atoms. The molecule has 2 fully saturated rings. The molecule has 2 saturated heterocycles. The lowest BCUT2D eigenvalue weighted by Gasteiger charge is -2.37. The molecule has 0 spiro atoms. The van der Waals surface area contributed by atoms with E-state index < -0.39 is 226 Å². The van der Waals surface area contributed by atoms with Gasteiger partial charge in [0.1, 0.15) is 75.0 Å². The highest BCUT2D eigenvalue weighted by molar-refractivity contribution is 6.03. The number of carbonyl (C=O) groups is 16. The second kappa shape index (κ2) is 38.7. The summed E-state index contributed by atoms with van der Waals surface area (Å²) in [6, 6.07) is 9.11. The van der Waals surface area contributed by atoms with Gasteiger partial charge in [-0.2, -0.15) is 0 Å². The Labute approximate surface area is 648 Å². The average Bonchev–Trinajstić information content (AvgIpc) is 1.70. The first-order chi connectivity index (χ1) is 51.1. The number of hydrogen-bond donors (Lipinski definition) is 17. The molecule has 2 aliphatic heterocycles. The fourth-order valence-electron chi connectivity index (χ4n) is 12.2. The number of nitrogens with two attached hydrogens (primary N) is 1. The normalized spacial score (nSPS) is 17.6. The number of likely N-dealkylation sites (tertiary alicyclic amines) is 2. The third kappa shape index (κ3) is 27.4. The third-order valence-electron chi connectivity index (χ3n) is 18.8. The van der Waals surface area contributed by atoms with Gasteiger partial charge >= 0.3 is 0 Å². The minimum absolute atomic E-state index is 0.0160. The zero-order valence-electron chi connectivity index (χ0n) is 67.2. The van der Waals surface area contributed by atoms with E-state index in [2.05, 4.69) is 69.1 Å². The van der Waals surface area contributed by atoms with Crippen LogP contribution >= 0.6 is 0 Å². The Balaban J connectivity index is 1.37. The first-order valence-electron chi connectivity index (χ1n) is 37.0. The van der Waals surface area contributed by atoms with Crippen molar-refractivity contribution in [3.8, 4) is 0 Å². The van der Waals surface area contributed by atoms with E-state index in [1.165, 1.54) is 104 Å². The van der Waals surface area contributed by atoms with Crippen molar-refractivity contribution in [2.75, 3.05) is 26.2 Å². The van der Waals surface area contributed by atoms with E-state index in [1.54, 1.807) is 70.2 Å². The zero-order valence-corrected chi connectivity index (χ0v) is 67.2. The molecule has 0 radical (unpaired) electrons. The molecular weight excluding hydrogens is 1440 g/mol. The van der Waals surface area contributed by atoms with Crippen LogP contribution < -0.4 is 74.9 Å². The molecule has 4 rings (SSSR count). The maximum Gasteiger partial charge on any atom is 0.248 e. The quantitative estimate of drug-likeness (QED) is 0.0322. The fraction of sp³-hybridized carbons (Fsp3) is 0.632. The molecular formula is C76H118N16O19. The predicted molar refractivity (Wildman–Crippen MR) is 406 cm³/mol. The van der Waals surface area contributed by atoms with Gasteiger partial charge in [-0.1, -0.05) is 88.4 Å². The maximum atomic E-state index is 14.5. The van der Waals surface area contributed by atoms with Crippen molar-refractivity contribution in [2.45, 2.75) is 270 Å². The molecule has 18 N–H and O–H groups in total. The molecule has 2 aromatic carbocycles. The third-order valence-corrected chi connectivity index (χ3v) is 18.8. The lowest BCUT2D eigenvalue weighted by molar-refractivity contribution is -0.147. The van der Waals surface area contributed by atoms with Crippen LogP contribution in [0.2, 0.25) is 0 Å². The summed E-state index contributed by atoms with van der Waals surface area (Å²) in [6.45, 7) is 24.9. The first kappa shape index (κ1) is 93.2. The van der Waals surface area contributed by atoms with Crippen LogP contribution in [0.25, 0.3) is 0 Å². The monoisotopic (exact) mass is 1560 g/mol. The predicted octanol–water partition coefficient (Wildman–Crippen LogP) is -2.82. The van der Waals surface area contributed by atoms with Crippen molar-refractivity contribution < 1.29 is 92.0 Å². The van der Waals surface area contributed by atoms with E-state index >= 15 is 0 Å². The standard InChI is InChI=1S/C76H118N16O19/c1-41(2)32-50(81-55(98)37-78-62(104)56(42(3)4)83-64(106)71(8,9)88-67(109)74(14,15)89-65(107)72(10,11)85-59(101)51(79-43(5)94)34-45-28-24-21-25-29-45)58(100)84-73(12,13)66(108)90-76(18,19)69(111)91-38-47(95)35-52(91)60(102)82-49(30-31-54(77)97)57(99)86-75(16,17)68(110)92-39-48(96)36-53(92)61(103)87-70(6,7)63(105)80-46(40-93)33-44-26-22-20-23-27-44/h20-29,41-42,46-53,56,93,95-96H,30-40H2,1-19H3,(H2,77,97)(H,78,104)(H,79,94)(H,80,105)(H,81,98)(H,82,102)(H,83,106)(H,84,100)(H,85,101)(H,86,99)(H,87,103)(H,88,109)(H,89,107)(H,90,108)/t46-,47+,48+,49-,50-,51+,52-,53-,56-/m0/s1. The molecule has 616 valence electrons. The van der Waals surface area contributed by atoms with Crippen molar-refractivity contribution in [3.05, 3.63) is 71.8 Å². The highest BCUT2D eigenvalue weighted by atomic mass is 16.3. The SMILES string of the molecule is CC(=O)N[C@H](Cc1ccccc1)C(=O)NC(C)(C)C(=O)NC(C)(C)C(=O)NC(C)(C)C(=O)N[C@H](C(=O)NCC(=O)N[C@@H](CC(C)C)C(=O)NC(C)(C)C(=O)NC(C)(C)C(=O)N1C[C@H](O)C[C@H]1C(=O)N[C@@H](CCC(N)=O)C(=O)NC(C)(C)C(=O)N1C[C@H](O)C[C@H]1C(=O)NC(C)(C)C(=O)N[C@H](CO)Cc1ccccc1)C(C)C. The number of β-amino-alcohol motifs (C(OH)–C–C–N with tert-alkyl or cyclic N) is 2. The largest absolute Gasteiger partial charge is 0.394 e. The van der Waals surface area contributed by atoms with E-state index in [-0.39, 0.29) is 44.6 Å². The number of benzene rings is 2. The van der Waals surface area contributed by atoms with Gasteiger partial charge in [0.2, 0.25) is 94.5 Å². The number of nitrogens with zero attached hydrogens (tertiary/aromatic N) is 2. The van der Waals surface area contributed by atoms with Crippen LogP contribution in [0.3, 0.4) is 0 Å². The summed E-state index contributed by atoms with van der Waals surface area (Å²) < 4.78 is 0. The van der Waals surface area contributed by atoms with Crippen molar-refractivity contribution in [1.29, 1.82) is 0 Å². The molecule has 2 heterocycles. The minimum Gasteiger partial charge on any atom is -0.394 e. The van der Waals surface area contributed by atoms with Crippen LogP contribution in [0.4, 0.5) is 0 Å². The molecule has 0 unspecified atom stereocenters. The van der Waals surface area contributed by atoms with Crippen molar-refractivity contribution >= 4 is 94.5 Å². The number of rotatable bonds is 38. The summed E-state index contributed by atoms with van der Waals surface area (Å²) in [5.41, 5.74) is -5.25. The Morgan fingerprint density at radius 3 is 1.31 bits per heavy atom. The number of carbonyl (C=O) groups excluding carboxylic acids is 16. The number of nitrogens with one attached hydrogen (secondary N) is 13. The highest BCUT2D eigenvalue weighted by Gasteiger charge is 2.50. The average molecular weight is 1560 g/mol. The first-order valence-corrected chi connectivity index (χ1v) is 37.0. The van der Waals surface area contributed by atoms with Crippen LogP contribution in [0.15, 0.2) is 60.7 Å². The fourth-order valence-corrected chi connectivity index (χ4v) is 12.2. The molecule has 0 bridgehead atoms. The lowest BCUT2D eigenvalue weighted by Crippen LogP contribution is -2.67. The zero-order chi connectivity index (χ0) is 84.4. The number of amides is 16.